The Morgan fingerprint density at radius 1 is 0.634 bits per heavy atom. The number of carbonyl (C=O) groups excluding carboxylic acids is 9. The summed E-state index contributed by atoms with van der Waals surface area (Å²) in [4.78, 5) is 145. The molecule has 9 amide bonds. The highest BCUT2D eigenvalue weighted by atomic mass is 16.4. The molecule has 0 bridgehead atoms. The lowest BCUT2D eigenvalue weighted by Gasteiger charge is -2.33. The fourth-order valence-electron chi connectivity index (χ4n) is 7.56. The van der Waals surface area contributed by atoms with Crippen LogP contribution < -0.4 is 48.7 Å². The Morgan fingerprint density at radius 2 is 1.13 bits per heavy atom. The number of likely N-dealkylation sites (tertiary alicyclic amines) is 1. The van der Waals surface area contributed by atoms with Crippen LogP contribution >= 0.6 is 0 Å². The Labute approximate surface area is 411 Å². The maximum absolute atomic E-state index is 14.3. The van der Waals surface area contributed by atoms with Gasteiger partial charge >= 0.3 is 11.9 Å². The van der Waals surface area contributed by atoms with Crippen molar-refractivity contribution in [2.45, 2.75) is 147 Å². The van der Waals surface area contributed by atoms with E-state index in [-0.39, 0.29) is 31.7 Å². The topological polar surface area (TPSA) is 408 Å². The molecule has 0 aromatic heterocycles. The lowest BCUT2D eigenvalue weighted by molar-refractivity contribution is -0.144. The number of nitrogens with two attached hydrogens (primary N) is 2. The summed E-state index contributed by atoms with van der Waals surface area (Å²) in [6.07, 6.45) is -0.469. The van der Waals surface area contributed by atoms with E-state index in [9.17, 15) is 68.1 Å². The van der Waals surface area contributed by atoms with Crippen LogP contribution in [0.1, 0.15) is 92.1 Å². The van der Waals surface area contributed by atoms with E-state index in [1.165, 1.54) is 4.90 Å². The van der Waals surface area contributed by atoms with Crippen LogP contribution in [0.3, 0.4) is 0 Å². The number of primary amides is 1. The molecule has 1 aliphatic heterocycles. The van der Waals surface area contributed by atoms with Crippen LogP contribution in [0.15, 0.2) is 30.3 Å². The SMILES string of the molecule is CC[C@H](C)[C@H](NC(=O)[C@H](CO)NC(=O)[C@H](CC(N)=O)NC(=O)[C@H](CO)NC(=O)[C@@H]1CCCN1C(=O)[C@@H](NC(=O)[C@H](Cc1ccccc1)NC(=O)[C@@H](N)CC(=O)O)[C@@H](C)CC)C(=O)N[C@@H](CC(C)C)C(=O)O. The molecular weight excluding hydrogens is 933 g/mol. The number of carbonyl (C=O) groups is 11. The predicted molar refractivity (Wildman–Crippen MR) is 253 cm³/mol. The van der Waals surface area contributed by atoms with E-state index in [1.807, 2.05) is 0 Å². The second-order valence-electron chi connectivity index (χ2n) is 18.1. The Hall–Kier alpha value is -6.73. The number of hydrogen-bond donors (Lipinski definition) is 13. The van der Waals surface area contributed by atoms with Crippen LogP contribution in [0.25, 0.3) is 0 Å². The molecule has 1 aromatic rings. The maximum atomic E-state index is 14.3. The Bertz CT molecular complexity index is 2040. The average Bonchev–Trinajstić information content (AvgIpc) is 3.82. The minimum atomic E-state index is -1.85. The summed E-state index contributed by atoms with van der Waals surface area (Å²) in [6.45, 7) is 8.20. The second-order valence-corrected chi connectivity index (χ2v) is 18.1. The molecule has 0 spiro atoms. The van der Waals surface area contributed by atoms with E-state index in [0.717, 1.165) is 0 Å². The van der Waals surface area contributed by atoms with Crippen LogP contribution in [0, 0.1) is 17.8 Å². The quantitative estimate of drug-likeness (QED) is 0.0356. The van der Waals surface area contributed by atoms with Gasteiger partial charge in [-0.1, -0.05) is 84.7 Å². The van der Waals surface area contributed by atoms with E-state index in [1.54, 1.807) is 71.9 Å². The molecule has 2 rings (SSSR count). The van der Waals surface area contributed by atoms with Gasteiger partial charge in [-0.25, -0.2) is 4.79 Å². The minimum Gasteiger partial charge on any atom is -0.481 e. The first kappa shape index (κ1) is 60.4. The molecule has 0 radical (unpaired) electrons. The molecule has 25 nitrogen and oxygen atoms in total. The summed E-state index contributed by atoms with van der Waals surface area (Å²) in [5.74, 6) is -12.6. The fourth-order valence-corrected chi connectivity index (χ4v) is 7.56. The van der Waals surface area contributed by atoms with E-state index < -0.39 is 157 Å². The van der Waals surface area contributed by atoms with E-state index in [4.69, 9.17) is 16.6 Å². The zero-order chi connectivity index (χ0) is 53.7. The zero-order valence-electron chi connectivity index (χ0n) is 41.0. The Kier molecular flexibility index (Phi) is 25.1. The van der Waals surface area contributed by atoms with Crippen molar-refractivity contribution in [1.82, 2.24) is 42.1 Å². The molecule has 1 aromatic carbocycles. The molecule has 71 heavy (non-hydrogen) atoms. The summed E-state index contributed by atoms with van der Waals surface area (Å²) in [7, 11) is 0. The van der Waals surface area contributed by atoms with Crippen LogP contribution in [0.2, 0.25) is 0 Å². The number of carboxylic acids is 2. The number of benzene rings is 1. The van der Waals surface area contributed by atoms with Gasteiger partial charge in [0.1, 0.15) is 48.3 Å². The summed E-state index contributed by atoms with van der Waals surface area (Å²) < 4.78 is 0. The molecule has 1 fully saturated rings. The predicted octanol–water partition coefficient (Wildman–Crippen LogP) is -3.50. The summed E-state index contributed by atoms with van der Waals surface area (Å²) in [5.41, 5.74) is 11.7. The van der Waals surface area contributed by atoms with Crippen LogP contribution in [-0.4, -0.2) is 165 Å². The van der Waals surface area contributed by atoms with Crippen molar-refractivity contribution in [2.75, 3.05) is 19.8 Å². The maximum Gasteiger partial charge on any atom is 0.326 e. The molecular formula is C46H72N10O15. The molecule has 1 heterocycles. The first-order valence-corrected chi connectivity index (χ1v) is 23.6. The Balaban J connectivity index is 2.27. The molecule has 25 heteroatoms. The van der Waals surface area contributed by atoms with E-state index >= 15 is 0 Å². The standard InChI is InChI=1S/C46H72N10O15/c1-7-24(5)36(44(68)51-30(46(70)71)17-23(3)4)54-42(66)32(22-58)52-39(63)29(20-34(48)59)50-41(65)31(21-57)53-43(67)33-15-12-16-56(33)45(69)37(25(6)8-2)55-40(64)28(18-26-13-10-9-11-14-26)49-38(62)27(47)19-35(60)61/h9-11,13-14,23-25,27-33,36-37,57-58H,7-8,12,15-22,47H2,1-6H3,(H2,48,59)(H,49,62)(H,50,65)(H,51,68)(H,52,63)(H,53,67)(H,54,66)(H,55,64)(H,60,61)(H,70,71)/t24-,25-,27-,28-,29-,30-,31-,32-,33-,36-,37-/m0/s1. The number of carboxylic acid groups (broad SMARTS) is 2. The van der Waals surface area contributed by atoms with Crippen LogP contribution in [-0.2, 0) is 59.2 Å². The number of rotatable bonds is 30. The number of aliphatic carboxylic acids is 2. The molecule has 1 saturated heterocycles. The molecule has 0 saturated carbocycles. The van der Waals surface area contributed by atoms with Gasteiger partial charge in [-0.05, 0) is 42.6 Å². The molecule has 11 atom stereocenters. The minimum absolute atomic E-state index is 0.0359. The largest absolute Gasteiger partial charge is 0.481 e. The van der Waals surface area contributed by atoms with Gasteiger partial charge in [0.15, 0.2) is 0 Å². The van der Waals surface area contributed by atoms with Crippen LogP contribution in [0.5, 0.6) is 0 Å². The van der Waals surface area contributed by atoms with Crippen molar-refractivity contribution in [3.8, 4) is 0 Å². The summed E-state index contributed by atoms with van der Waals surface area (Å²) in [5, 5.41) is 55.9. The highest BCUT2D eigenvalue weighted by Crippen LogP contribution is 2.22. The number of hydrogen-bond acceptors (Lipinski definition) is 14. The van der Waals surface area contributed by atoms with Gasteiger partial charge in [0, 0.05) is 13.0 Å². The first-order chi connectivity index (χ1) is 33.4. The van der Waals surface area contributed by atoms with Gasteiger partial charge in [-0.2, -0.15) is 0 Å². The van der Waals surface area contributed by atoms with Gasteiger partial charge in [0.25, 0.3) is 0 Å². The molecule has 396 valence electrons. The monoisotopic (exact) mass is 1000 g/mol. The highest BCUT2D eigenvalue weighted by Gasteiger charge is 2.42. The van der Waals surface area contributed by atoms with Gasteiger partial charge in [-0.3, -0.25) is 47.9 Å². The number of nitrogens with one attached hydrogen (secondary N) is 7. The van der Waals surface area contributed by atoms with Gasteiger partial charge in [0.2, 0.25) is 53.2 Å². The molecule has 0 unspecified atom stereocenters. The van der Waals surface area contributed by atoms with Crippen molar-refractivity contribution >= 4 is 65.1 Å². The summed E-state index contributed by atoms with van der Waals surface area (Å²) in [6, 6.07) is -4.76. The normalized spacial score (nSPS) is 17.5. The van der Waals surface area contributed by atoms with Crippen molar-refractivity contribution in [3.05, 3.63) is 35.9 Å². The smallest absolute Gasteiger partial charge is 0.326 e. The fraction of sp³-hybridized carbons (Fsp3) is 0.630. The van der Waals surface area contributed by atoms with Gasteiger partial charge in [0.05, 0.1) is 32.1 Å². The molecule has 1 aliphatic rings. The van der Waals surface area contributed by atoms with Gasteiger partial charge in [-0.15, -0.1) is 0 Å². The van der Waals surface area contributed by atoms with E-state index in [2.05, 4.69) is 37.2 Å². The number of aliphatic hydroxyl groups excluding tert-OH is 2. The van der Waals surface area contributed by atoms with Crippen molar-refractivity contribution < 1.29 is 73.2 Å². The lowest BCUT2D eigenvalue weighted by Crippen LogP contribution is -2.62. The molecule has 0 aliphatic carbocycles. The summed E-state index contributed by atoms with van der Waals surface area (Å²) >= 11 is 0. The Morgan fingerprint density at radius 3 is 1.66 bits per heavy atom. The lowest BCUT2D eigenvalue weighted by atomic mass is 9.96. The van der Waals surface area contributed by atoms with Crippen molar-refractivity contribution in [3.63, 3.8) is 0 Å². The zero-order valence-corrected chi connectivity index (χ0v) is 41.0. The van der Waals surface area contributed by atoms with Gasteiger partial charge < -0.3 is 74.0 Å². The number of amides is 9. The van der Waals surface area contributed by atoms with Crippen molar-refractivity contribution in [2.24, 2.45) is 29.2 Å². The number of aliphatic hydroxyl groups is 2. The van der Waals surface area contributed by atoms with Crippen LogP contribution in [0.4, 0.5) is 0 Å². The highest BCUT2D eigenvalue weighted by molar-refractivity contribution is 5.99. The number of nitrogens with zero attached hydrogens (tertiary/aromatic N) is 1. The second kappa shape index (κ2) is 29.5. The third-order valence-corrected chi connectivity index (χ3v) is 12.0. The first-order valence-electron chi connectivity index (χ1n) is 23.6. The third-order valence-electron chi connectivity index (χ3n) is 12.0. The van der Waals surface area contributed by atoms with Crippen molar-refractivity contribution in [1.29, 1.82) is 0 Å². The molecule has 15 N–H and O–H groups in total. The third kappa shape index (κ3) is 19.2. The van der Waals surface area contributed by atoms with E-state index in [0.29, 0.717) is 24.8 Å². The average molecular weight is 1010 g/mol.